The summed E-state index contributed by atoms with van der Waals surface area (Å²) < 4.78 is 0. The van der Waals surface area contributed by atoms with Crippen molar-refractivity contribution in [2.75, 3.05) is 5.43 Å². The third kappa shape index (κ3) is 1.78. The number of nitrogen functional groups attached to an aromatic ring is 1. The molecule has 0 amide bonds. The summed E-state index contributed by atoms with van der Waals surface area (Å²) in [7, 11) is 0. The molecule has 0 spiro atoms. The van der Waals surface area contributed by atoms with E-state index in [1.54, 1.807) is 6.92 Å². The Labute approximate surface area is 76.3 Å². The van der Waals surface area contributed by atoms with E-state index in [0.717, 1.165) is 11.1 Å². The molecular weight excluding hydrogens is 168 g/mol. The summed E-state index contributed by atoms with van der Waals surface area (Å²) in [5, 5.41) is 8.84. The average Bonchev–Trinajstić information content (AvgIpc) is 2.09. The summed E-state index contributed by atoms with van der Waals surface area (Å²) in [6.07, 6.45) is 0. The van der Waals surface area contributed by atoms with Crippen molar-refractivity contribution in [3.63, 3.8) is 0 Å². The molecule has 0 heterocycles. The van der Waals surface area contributed by atoms with Crippen LogP contribution in [0.15, 0.2) is 12.1 Å². The highest BCUT2D eigenvalue weighted by Gasteiger charge is 2.09. The molecule has 0 fully saturated rings. The van der Waals surface area contributed by atoms with Gasteiger partial charge in [-0.1, -0.05) is 0 Å². The van der Waals surface area contributed by atoms with Crippen molar-refractivity contribution in [2.45, 2.75) is 13.8 Å². The Balaban J connectivity index is 3.33. The van der Waals surface area contributed by atoms with Gasteiger partial charge in [0.15, 0.2) is 0 Å². The summed E-state index contributed by atoms with van der Waals surface area (Å²) in [6, 6.07) is 3.33. The number of carbonyl (C=O) groups is 1. The van der Waals surface area contributed by atoms with Crippen LogP contribution in [0, 0.1) is 13.8 Å². The van der Waals surface area contributed by atoms with Crippen LogP contribution in [0.5, 0.6) is 0 Å². The van der Waals surface area contributed by atoms with E-state index in [1.165, 1.54) is 6.07 Å². The van der Waals surface area contributed by atoms with Crippen LogP contribution in [0.2, 0.25) is 0 Å². The Bertz CT molecular complexity index is 348. The van der Waals surface area contributed by atoms with Crippen LogP contribution < -0.4 is 11.3 Å². The van der Waals surface area contributed by atoms with Crippen LogP contribution in [0.3, 0.4) is 0 Å². The van der Waals surface area contributed by atoms with Crippen LogP contribution in [0.4, 0.5) is 5.69 Å². The normalized spacial score (nSPS) is 9.77. The monoisotopic (exact) mass is 180 g/mol. The third-order valence-corrected chi connectivity index (χ3v) is 2.06. The number of aryl methyl sites for hydroxylation is 1. The van der Waals surface area contributed by atoms with Crippen LogP contribution in [-0.2, 0) is 0 Å². The number of nitrogens with one attached hydrogen (secondary N) is 1. The number of benzene rings is 1. The van der Waals surface area contributed by atoms with E-state index in [2.05, 4.69) is 5.43 Å². The van der Waals surface area contributed by atoms with Gasteiger partial charge >= 0.3 is 5.97 Å². The maximum absolute atomic E-state index is 10.8. The van der Waals surface area contributed by atoms with E-state index in [4.69, 9.17) is 10.9 Å². The maximum atomic E-state index is 10.8. The number of hydrogen-bond donors (Lipinski definition) is 3. The standard InChI is InChI=1S/C9H12N2O2/c1-5-3-7(11-10)4-8(6(5)2)9(12)13/h3-4,11H,10H2,1-2H3,(H,12,13). The van der Waals surface area contributed by atoms with E-state index in [9.17, 15) is 4.79 Å². The molecule has 0 unspecified atom stereocenters. The Morgan fingerprint density at radius 1 is 1.46 bits per heavy atom. The number of rotatable bonds is 2. The van der Waals surface area contributed by atoms with Crippen LogP contribution >= 0.6 is 0 Å². The van der Waals surface area contributed by atoms with E-state index in [1.807, 2.05) is 13.0 Å². The minimum absolute atomic E-state index is 0.285. The molecule has 4 nitrogen and oxygen atoms in total. The zero-order chi connectivity index (χ0) is 10.0. The molecule has 0 saturated heterocycles. The Morgan fingerprint density at radius 2 is 2.08 bits per heavy atom. The molecule has 70 valence electrons. The van der Waals surface area contributed by atoms with Crippen molar-refractivity contribution >= 4 is 11.7 Å². The lowest BCUT2D eigenvalue weighted by molar-refractivity contribution is 0.0696. The molecule has 1 rings (SSSR count). The van der Waals surface area contributed by atoms with Gasteiger partial charge in [0, 0.05) is 5.69 Å². The van der Waals surface area contributed by atoms with Crippen LogP contribution in [0.1, 0.15) is 21.5 Å². The fourth-order valence-electron chi connectivity index (χ4n) is 1.16. The van der Waals surface area contributed by atoms with Gasteiger partial charge in [0.05, 0.1) is 5.56 Å². The molecule has 0 saturated carbocycles. The molecule has 0 aliphatic rings. The van der Waals surface area contributed by atoms with Crippen molar-refractivity contribution < 1.29 is 9.90 Å². The minimum atomic E-state index is -0.933. The first-order valence-corrected chi connectivity index (χ1v) is 3.87. The van der Waals surface area contributed by atoms with Gasteiger partial charge in [-0.25, -0.2) is 4.79 Å². The summed E-state index contributed by atoms with van der Waals surface area (Å²) in [4.78, 5) is 10.8. The molecule has 4 heteroatoms. The van der Waals surface area contributed by atoms with Crippen molar-refractivity contribution in [1.29, 1.82) is 0 Å². The quantitative estimate of drug-likeness (QED) is 0.473. The highest BCUT2D eigenvalue weighted by Crippen LogP contribution is 2.18. The van der Waals surface area contributed by atoms with Gasteiger partial charge in [-0.3, -0.25) is 5.84 Å². The molecule has 0 radical (unpaired) electrons. The first-order valence-electron chi connectivity index (χ1n) is 3.87. The zero-order valence-corrected chi connectivity index (χ0v) is 7.59. The minimum Gasteiger partial charge on any atom is -0.478 e. The molecule has 0 aromatic heterocycles. The van der Waals surface area contributed by atoms with Crippen molar-refractivity contribution in [2.24, 2.45) is 5.84 Å². The topological polar surface area (TPSA) is 75.3 Å². The lowest BCUT2D eigenvalue weighted by Gasteiger charge is -2.08. The third-order valence-electron chi connectivity index (χ3n) is 2.06. The van der Waals surface area contributed by atoms with Gasteiger partial charge in [-0.2, -0.15) is 0 Å². The van der Waals surface area contributed by atoms with Gasteiger partial charge < -0.3 is 10.5 Å². The first-order chi connectivity index (χ1) is 6.06. The first kappa shape index (κ1) is 9.54. The molecule has 1 aromatic rings. The number of hydrazine groups is 1. The highest BCUT2D eigenvalue weighted by molar-refractivity contribution is 5.91. The fraction of sp³-hybridized carbons (Fsp3) is 0.222. The molecule has 0 aliphatic heterocycles. The Kier molecular flexibility index (Phi) is 2.53. The van der Waals surface area contributed by atoms with Gasteiger partial charge in [-0.15, -0.1) is 0 Å². The largest absolute Gasteiger partial charge is 0.478 e. The van der Waals surface area contributed by atoms with Gasteiger partial charge in [0.2, 0.25) is 0 Å². The van der Waals surface area contributed by atoms with Crippen molar-refractivity contribution in [3.8, 4) is 0 Å². The predicted octanol–water partition coefficient (Wildman–Crippen LogP) is 1.29. The lowest BCUT2D eigenvalue weighted by Crippen LogP contribution is -2.09. The second-order valence-corrected chi connectivity index (χ2v) is 2.92. The number of nitrogens with two attached hydrogens (primary N) is 1. The highest BCUT2D eigenvalue weighted by atomic mass is 16.4. The Hall–Kier alpha value is -1.55. The molecule has 4 N–H and O–H groups in total. The van der Waals surface area contributed by atoms with Crippen LogP contribution in [-0.4, -0.2) is 11.1 Å². The Morgan fingerprint density at radius 3 is 2.54 bits per heavy atom. The molecule has 0 bridgehead atoms. The number of hydrogen-bond acceptors (Lipinski definition) is 3. The summed E-state index contributed by atoms with van der Waals surface area (Å²) in [6.45, 7) is 3.63. The predicted molar refractivity (Wildman–Crippen MR) is 50.7 cm³/mol. The number of carboxylic acid groups (broad SMARTS) is 1. The van der Waals surface area contributed by atoms with Gasteiger partial charge in [0.25, 0.3) is 0 Å². The average molecular weight is 180 g/mol. The lowest BCUT2D eigenvalue weighted by atomic mass is 10.0. The zero-order valence-electron chi connectivity index (χ0n) is 7.59. The number of anilines is 1. The van der Waals surface area contributed by atoms with E-state index < -0.39 is 5.97 Å². The molecule has 13 heavy (non-hydrogen) atoms. The van der Waals surface area contributed by atoms with E-state index >= 15 is 0 Å². The van der Waals surface area contributed by atoms with E-state index in [0.29, 0.717) is 5.69 Å². The number of aromatic carboxylic acids is 1. The van der Waals surface area contributed by atoms with Crippen molar-refractivity contribution in [1.82, 2.24) is 0 Å². The van der Waals surface area contributed by atoms with Crippen molar-refractivity contribution in [3.05, 3.63) is 28.8 Å². The second kappa shape index (κ2) is 3.45. The summed E-state index contributed by atoms with van der Waals surface area (Å²) >= 11 is 0. The summed E-state index contributed by atoms with van der Waals surface area (Å²) in [5.41, 5.74) is 5.00. The van der Waals surface area contributed by atoms with Gasteiger partial charge in [-0.05, 0) is 37.1 Å². The molecule has 1 aromatic carbocycles. The SMILES string of the molecule is Cc1cc(NN)cc(C(=O)O)c1C. The molecule has 0 atom stereocenters. The van der Waals surface area contributed by atoms with Gasteiger partial charge in [0.1, 0.15) is 0 Å². The second-order valence-electron chi connectivity index (χ2n) is 2.92. The molecule has 0 aliphatic carbocycles. The fourth-order valence-corrected chi connectivity index (χ4v) is 1.16. The summed E-state index contributed by atoms with van der Waals surface area (Å²) in [5.74, 6) is 4.26. The smallest absolute Gasteiger partial charge is 0.336 e. The van der Waals surface area contributed by atoms with E-state index in [-0.39, 0.29) is 5.56 Å². The number of carboxylic acids is 1. The van der Waals surface area contributed by atoms with Crippen LogP contribution in [0.25, 0.3) is 0 Å². The maximum Gasteiger partial charge on any atom is 0.336 e. The molecular formula is C9H12N2O2.